The zero-order valence-corrected chi connectivity index (χ0v) is 19.9. The molecule has 2 fully saturated rings. The second-order valence-electron chi connectivity index (χ2n) is 9.97. The highest BCUT2D eigenvalue weighted by Crippen LogP contribution is 2.50. The molecule has 2 aliphatic carbocycles. The summed E-state index contributed by atoms with van der Waals surface area (Å²) >= 11 is 0. The van der Waals surface area contributed by atoms with Gasteiger partial charge in [0.05, 0.1) is 18.1 Å². The second-order valence-corrected chi connectivity index (χ2v) is 9.97. The Bertz CT molecular complexity index is 1160. The molecule has 5 rings (SSSR count). The highest BCUT2D eigenvalue weighted by Gasteiger charge is 2.53. The summed E-state index contributed by atoms with van der Waals surface area (Å²) in [6.07, 6.45) is 10.7. The van der Waals surface area contributed by atoms with Gasteiger partial charge in [-0.3, -0.25) is 4.79 Å². The maximum atomic E-state index is 14.8. The number of carbonyl (C=O) groups excluding carboxylic acids is 1. The predicted molar refractivity (Wildman–Crippen MR) is 132 cm³/mol. The fraction of sp³-hybridized carbons (Fsp3) is 0.500. The third kappa shape index (κ3) is 3.68. The molecule has 5 nitrogen and oxygen atoms in total. The summed E-state index contributed by atoms with van der Waals surface area (Å²) in [6, 6.07) is 12.8. The number of primary amides is 1. The number of methoxy groups -OCH3 is 1. The second kappa shape index (κ2) is 9.40. The Morgan fingerprint density at radius 1 is 1.00 bits per heavy atom. The van der Waals surface area contributed by atoms with Gasteiger partial charge in [0.15, 0.2) is 11.6 Å². The fourth-order valence-corrected chi connectivity index (χ4v) is 6.70. The first-order chi connectivity index (χ1) is 16.6. The predicted octanol–water partition coefficient (Wildman–Crippen LogP) is 6.19. The topological polar surface area (TPSA) is 70.1 Å². The molecular formula is C28H34FN3O2. The Kier molecular flexibility index (Phi) is 6.32. The van der Waals surface area contributed by atoms with Crippen molar-refractivity contribution in [1.29, 1.82) is 0 Å². The molecule has 1 amide bonds. The molecule has 0 bridgehead atoms. The SMILES string of the molecule is COc1ccc(-c2nc3ccccc3n2C(C(N)=O)(C2CCCCC2)C2CCCCC2)cc1F. The summed E-state index contributed by atoms with van der Waals surface area (Å²) in [5, 5.41) is 0. The summed E-state index contributed by atoms with van der Waals surface area (Å²) in [7, 11) is 1.46. The minimum atomic E-state index is -0.886. The van der Waals surface area contributed by atoms with E-state index in [4.69, 9.17) is 15.5 Å². The van der Waals surface area contributed by atoms with Crippen LogP contribution in [0.15, 0.2) is 42.5 Å². The summed E-state index contributed by atoms with van der Waals surface area (Å²) in [5.74, 6) is 0.357. The van der Waals surface area contributed by atoms with Crippen LogP contribution >= 0.6 is 0 Å². The van der Waals surface area contributed by atoms with Crippen molar-refractivity contribution in [2.75, 3.05) is 7.11 Å². The van der Waals surface area contributed by atoms with Crippen molar-refractivity contribution in [3.63, 3.8) is 0 Å². The van der Waals surface area contributed by atoms with Crippen LogP contribution in [0.3, 0.4) is 0 Å². The van der Waals surface area contributed by atoms with E-state index >= 15 is 0 Å². The molecule has 1 heterocycles. The largest absolute Gasteiger partial charge is 0.494 e. The summed E-state index contributed by atoms with van der Waals surface area (Å²) in [6.45, 7) is 0. The van der Waals surface area contributed by atoms with E-state index in [1.54, 1.807) is 6.07 Å². The van der Waals surface area contributed by atoms with Crippen molar-refractivity contribution >= 4 is 16.9 Å². The minimum Gasteiger partial charge on any atom is -0.494 e. The highest BCUT2D eigenvalue weighted by molar-refractivity contribution is 5.89. The van der Waals surface area contributed by atoms with Crippen LogP contribution in [0, 0.1) is 17.7 Å². The van der Waals surface area contributed by atoms with Crippen LogP contribution in [-0.4, -0.2) is 22.6 Å². The van der Waals surface area contributed by atoms with Crippen molar-refractivity contribution in [1.82, 2.24) is 9.55 Å². The van der Waals surface area contributed by atoms with Crippen LogP contribution in [-0.2, 0) is 10.3 Å². The first-order valence-electron chi connectivity index (χ1n) is 12.7. The van der Waals surface area contributed by atoms with E-state index in [1.165, 1.54) is 26.0 Å². The highest BCUT2D eigenvalue weighted by atomic mass is 19.1. The molecule has 0 unspecified atom stereocenters. The van der Waals surface area contributed by atoms with E-state index in [9.17, 15) is 9.18 Å². The van der Waals surface area contributed by atoms with Gasteiger partial charge in [-0.15, -0.1) is 0 Å². The molecule has 0 radical (unpaired) electrons. The normalized spacial score (nSPS) is 18.3. The van der Waals surface area contributed by atoms with Gasteiger partial charge in [-0.25, -0.2) is 9.37 Å². The number of hydrogen-bond acceptors (Lipinski definition) is 3. The summed E-state index contributed by atoms with van der Waals surface area (Å²) in [4.78, 5) is 18.8. The molecule has 2 saturated carbocycles. The number of benzene rings is 2. The molecule has 3 aromatic rings. The van der Waals surface area contributed by atoms with E-state index in [2.05, 4.69) is 4.57 Å². The number of carbonyl (C=O) groups is 1. The van der Waals surface area contributed by atoms with Gasteiger partial charge in [0.2, 0.25) is 5.91 Å². The first kappa shape index (κ1) is 22.9. The van der Waals surface area contributed by atoms with Gasteiger partial charge < -0.3 is 15.0 Å². The van der Waals surface area contributed by atoms with Gasteiger partial charge in [0.1, 0.15) is 11.4 Å². The van der Waals surface area contributed by atoms with Crippen molar-refractivity contribution in [3.05, 3.63) is 48.3 Å². The van der Waals surface area contributed by atoms with E-state index < -0.39 is 11.4 Å². The van der Waals surface area contributed by atoms with E-state index in [0.29, 0.717) is 11.4 Å². The number of hydrogen-bond donors (Lipinski definition) is 1. The van der Waals surface area contributed by atoms with Crippen molar-refractivity contribution in [3.8, 4) is 17.1 Å². The third-order valence-corrected chi connectivity index (χ3v) is 8.19. The lowest BCUT2D eigenvalue weighted by molar-refractivity contribution is -0.135. The smallest absolute Gasteiger partial charge is 0.244 e. The van der Waals surface area contributed by atoms with Crippen LogP contribution in [0.25, 0.3) is 22.4 Å². The molecular weight excluding hydrogens is 429 g/mol. The number of halogens is 1. The molecule has 2 aliphatic rings. The Balaban J connectivity index is 1.82. The quantitative estimate of drug-likeness (QED) is 0.474. The van der Waals surface area contributed by atoms with Crippen molar-refractivity contribution in [2.24, 2.45) is 17.6 Å². The Hall–Kier alpha value is -2.89. The molecule has 0 atom stereocenters. The Morgan fingerprint density at radius 3 is 2.18 bits per heavy atom. The van der Waals surface area contributed by atoms with Gasteiger partial charge in [-0.1, -0.05) is 50.7 Å². The summed E-state index contributed by atoms with van der Waals surface area (Å²) in [5.41, 5.74) is 7.89. The number of rotatable bonds is 6. The van der Waals surface area contributed by atoms with Gasteiger partial charge >= 0.3 is 0 Å². The zero-order chi connectivity index (χ0) is 23.7. The number of ether oxygens (including phenoxy) is 1. The maximum absolute atomic E-state index is 14.8. The van der Waals surface area contributed by atoms with E-state index in [0.717, 1.165) is 62.4 Å². The zero-order valence-electron chi connectivity index (χ0n) is 19.9. The van der Waals surface area contributed by atoms with Crippen LogP contribution in [0.1, 0.15) is 64.2 Å². The van der Waals surface area contributed by atoms with Crippen LogP contribution in [0.4, 0.5) is 4.39 Å². The number of aromatic nitrogens is 2. The van der Waals surface area contributed by atoms with E-state index in [1.807, 2.05) is 30.3 Å². The Labute approximate surface area is 200 Å². The summed E-state index contributed by atoms with van der Waals surface area (Å²) < 4.78 is 22.1. The number of nitrogens with two attached hydrogens (primary N) is 1. The lowest BCUT2D eigenvalue weighted by atomic mass is 9.63. The monoisotopic (exact) mass is 463 g/mol. The van der Waals surface area contributed by atoms with Crippen LogP contribution in [0.5, 0.6) is 5.75 Å². The molecule has 0 aliphatic heterocycles. The van der Waals surface area contributed by atoms with Crippen molar-refractivity contribution in [2.45, 2.75) is 69.7 Å². The average Bonchev–Trinajstić information content (AvgIpc) is 3.26. The molecule has 180 valence electrons. The number of para-hydroxylation sites is 2. The third-order valence-electron chi connectivity index (χ3n) is 8.19. The van der Waals surface area contributed by atoms with Crippen LogP contribution in [0.2, 0.25) is 0 Å². The lowest BCUT2D eigenvalue weighted by Crippen LogP contribution is -2.58. The number of fused-ring (bicyclic) bond motifs is 1. The standard InChI is InChI=1S/C28H34FN3O2/c1-34-25-17-16-19(18-22(25)29)26-31-23-14-8-9-15-24(23)32(26)28(27(30)33,20-10-4-2-5-11-20)21-12-6-3-7-13-21/h8-9,14-18,20-21H,2-7,10-13H2,1H3,(H2,30,33). The molecule has 0 spiro atoms. The van der Waals surface area contributed by atoms with E-state index in [-0.39, 0.29) is 23.5 Å². The first-order valence-corrected chi connectivity index (χ1v) is 12.7. The van der Waals surface area contributed by atoms with Gasteiger partial charge in [-0.2, -0.15) is 0 Å². The number of amides is 1. The average molecular weight is 464 g/mol. The van der Waals surface area contributed by atoms with Gasteiger partial charge in [0.25, 0.3) is 0 Å². The minimum absolute atomic E-state index is 0.140. The molecule has 0 saturated heterocycles. The fourth-order valence-electron chi connectivity index (χ4n) is 6.70. The molecule has 2 N–H and O–H groups in total. The molecule has 34 heavy (non-hydrogen) atoms. The number of imidazole rings is 1. The van der Waals surface area contributed by atoms with Crippen LogP contribution < -0.4 is 10.5 Å². The van der Waals surface area contributed by atoms with Gasteiger partial charge in [-0.05, 0) is 67.9 Å². The molecule has 1 aromatic heterocycles. The Morgan fingerprint density at radius 2 is 1.62 bits per heavy atom. The number of nitrogens with zero attached hydrogens (tertiary/aromatic N) is 2. The van der Waals surface area contributed by atoms with Crippen molar-refractivity contribution < 1.29 is 13.9 Å². The molecule has 2 aromatic carbocycles. The lowest BCUT2D eigenvalue weighted by Gasteiger charge is -2.48. The molecule has 6 heteroatoms. The van der Waals surface area contributed by atoms with Gasteiger partial charge in [0, 0.05) is 5.56 Å². The maximum Gasteiger partial charge on any atom is 0.244 e.